The zero-order chi connectivity index (χ0) is 20.3. The molecule has 0 amide bonds. The van der Waals surface area contributed by atoms with E-state index in [1.807, 2.05) is 6.20 Å². The Labute approximate surface area is 176 Å². The van der Waals surface area contributed by atoms with Gasteiger partial charge in [-0.25, -0.2) is 0 Å². The third kappa shape index (κ3) is 6.74. The van der Waals surface area contributed by atoms with Crippen LogP contribution in [0.25, 0.3) is 11.3 Å². The van der Waals surface area contributed by atoms with E-state index in [2.05, 4.69) is 79.5 Å². The molecule has 0 bridgehead atoms. The van der Waals surface area contributed by atoms with E-state index >= 15 is 0 Å². The first kappa shape index (κ1) is 21.1. The molecule has 0 saturated heterocycles. The van der Waals surface area contributed by atoms with E-state index in [0.29, 0.717) is 0 Å². The monoisotopic (exact) mass is 387 g/mol. The van der Waals surface area contributed by atoms with E-state index in [4.69, 9.17) is 4.74 Å². The number of ether oxygens (including phenoxy) is 1. The van der Waals surface area contributed by atoms with Crippen LogP contribution in [-0.4, -0.2) is 11.6 Å². The molecular weight excluding hydrogens is 354 g/mol. The molecule has 1 aromatic heterocycles. The van der Waals surface area contributed by atoms with Gasteiger partial charge >= 0.3 is 0 Å². The molecule has 0 N–H and O–H groups in total. The molecule has 3 rings (SSSR count). The number of pyridine rings is 1. The normalized spacial score (nSPS) is 10.8. The molecule has 29 heavy (non-hydrogen) atoms. The summed E-state index contributed by atoms with van der Waals surface area (Å²) in [4.78, 5) is 4.67. The van der Waals surface area contributed by atoms with Crippen molar-refractivity contribution in [3.8, 4) is 17.0 Å². The summed E-state index contributed by atoms with van der Waals surface area (Å²) in [6, 6.07) is 21.6. The molecule has 1 heterocycles. The van der Waals surface area contributed by atoms with Crippen molar-refractivity contribution in [2.75, 3.05) is 6.61 Å². The van der Waals surface area contributed by atoms with E-state index in [1.54, 1.807) is 0 Å². The maximum absolute atomic E-state index is 5.83. The van der Waals surface area contributed by atoms with Crippen LogP contribution in [0.15, 0.2) is 66.9 Å². The predicted molar refractivity (Wildman–Crippen MR) is 123 cm³/mol. The third-order valence-corrected chi connectivity index (χ3v) is 5.38. The number of nitrogens with zero attached hydrogens (tertiary/aromatic N) is 1. The molecule has 3 aromatic rings. The number of hydrogen-bond donors (Lipinski definition) is 0. The second kappa shape index (κ2) is 11.4. The molecule has 0 aliphatic rings. The molecule has 152 valence electrons. The summed E-state index contributed by atoms with van der Waals surface area (Å²) < 4.78 is 5.83. The minimum Gasteiger partial charge on any atom is -0.494 e. The van der Waals surface area contributed by atoms with E-state index in [-0.39, 0.29) is 0 Å². The summed E-state index contributed by atoms with van der Waals surface area (Å²) >= 11 is 0. The van der Waals surface area contributed by atoms with E-state index < -0.39 is 0 Å². The maximum Gasteiger partial charge on any atom is 0.119 e. The van der Waals surface area contributed by atoms with E-state index in [1.165, 1.54) is 41.5 Å². The molecule has 0 unspecified atom stereocenters. The summed E-state index contributed by atoms with van der Waals surface area (Å²) in [6.07, 6.45) is 10.0. The zero-order valence-electron chi connectivity index (χ0n) is 17.9. The van der Waals surface area contributed by atoms with Gasteiger partial charge in [-0.05, 0) is 60.6 Å². The molecular formula is C27H33NO. The molecule has 2 aromatic carbocycles. The van der Waals surface area contributed by atoms with Gasteiger partial charge < -0.3 is 4.74 Å². The van der Waals surface area contributed by atoms with Gasteiger partial charge in [0.1, 0.15) is 5.75 Å². The second-order valence-electron chi connectivity index (χ2n) is 7.66. The predicted octanol–water partition coefficient (Wildman–Crippen LogP) is 7.06. The van der Waals surface area contributed by atoms with Crippen LogP contribution in [0.2, 0.25) is 0 Å². The van der Waals surface area contributed by atoms with E-state index in [9.17, 15) is 0 Å². The Morgan fingerprint density at radius 2 is 1.38 bits per heavy atom. The van der Waals surface area contributed by atoms with Gasteiger partial charge in [0.15, 0.2) is 0 Å². The van der Waals surface area contributed by atoms with Crippen molar-refractivity contribution in [3.05, 3.63) is 83.6 Å². The van der Waals surface area contributed by atoms with Gasteiger partial charge in [-0.3, -0.25) is 4.98 Å². The average Bonchev–Trinajstić information content (AvgIpc) is 2.79. The largest absolute Gasteiger partial charge is 0.494 e. The fourth-order valence-corrected chi connectivity index (χ4v) is 3.41. The highest BCUT2D eigenvalue weighted by atomic mass is 16.5. The average molecular weight is 388 g/mol. The Morgan fingerprint density at radius 1 is 0.690 bits per heavy atom. The lowest BCUT2D eigenvalue weighted by Gasteiger charge is -2.08. The third-order valence-electron chi connectivity index (χ3n) is 5.38. The second-order valence-corrected chi connectivity index (χ2v) is 7.66. The Hall–Kier alpha value is -2.61. The first-order valence-corrected chi connectivity index (χ1v) is 11.0. The smallest absolute Gasteiger partial charge is 0.119 e. The highest BCUT2D eigenvalue weighted by molar-refractivity contribution is 5.59. The number of aromatic nitrogens is 1. The van der Waals surface area contributed by atoms with Gasteiger partial charge in [-0.2, -0.15) is 0 Å². The van der Waals surface area contributed by atoms with Crippen molar-refractivity contribution in [1.82, 2.24) is 4.98 Å². The van der Waals surface area contributed by atoms with Gasteiger partial charge in [0.25, 0.3) is 0 Å². The van der Waals surface area contributed by atoms with Crippen molar-refractivity contribution in [3.63, 3.8) is 0 Å². The van der Waals surface area contributed by atoms with Gasteiger partial charge in [0, 0.05) is 11.8 Å². The van der Waals surface area contributed by atoms with Crippen LogP contribution in [0, 0.1) is 0 Å². The van der Waals surface area contributed by atoms with Gasteiger partial charge in [-0.1, -0.05) is 75.6 Å². The van der Waals surface area contributed by atoms with Gasteiger partial charge in [-0.15, -0.1) is 0 Å². The molecule has 0 aliphatic carbocycles. The van der Waals surface area contributed by atoms with Crippen LogP contribution in [0.1, 0.15) is 56.2 Å². The lowest BCUT2D eigenvalue weighted by Crippen LogP contribution is -1.98. The SMILES string of the molecule is CCCCCCOc1ccc(CCc2ccc(-c3ccc(CC)cc3)nc2)cc1. The standard InChI is InChI=1S/C27H33NO/c1-3-5-6-7-20-29-26-17-12-23(13-18-26)8-9-24-14-19-27(28-21-24)25-15-10-22(4-2)11-16-25/h10-19,21H,3-9,20H2,1-2H3. The van der Waals surface area contributed by atoms with Crippen LogP contribution in [-0.2, 0) is 19.3 Å². The molecule has 0 fully saturated rings. The summed E-state index contributed by atoms with van der Waals surface area (Å²) in [7, 11) is 0. The van der Waals surface area contributed by atoms with Crippen molar-refractivity contribution >= 4 is 0 Å². The van der Waals surface area contributed by atoms with E-state index in [0.717, 1.165) is 43.7 Å². The quantitative estimate of drug-likeness (QED) is 0.329. The number of benzene rings is 2. The molecule has 0 radical (unpaired) electrons. The molecule has 0 aliphatic heterocycles. The van der Waals surface area contributed by atoms with Crippen molar-refractivity contribution in [2.45, 2.75) is 58.8 Å². The molecule has 0 saturated carbocycles. The Balaban J connectivity index is 1.47. The highest BCUT2D eigenvalue weighted by Gasteiger charge is 2.02. The summed E-state index contributed by atoms with van der Waals surface area (Å²) in [5, 5.41) is 0. The Bertz CT molecular complexity index is 835. The topological polar surface area (TPSA) is 22.1 Å². The van der Waals surface area contributed by atoms with Gasteiger partial charge in [0.2, 0.25) is 0 Å². The first-order valence-electron chi connectivity index (χ1n) is 11.0. The molecule has 0 atom stereocenters. The molecule has 0 spiro atoms. The lowest BCUT2D eigenvalue weighted by molar-refractivity contribution is 0.305. The first-order chi connectivity index (χ1) is 14.3. The summed E-state index contributed by atoms with van der Waals surface area (Å²) in [5.74, 6) is 0.977. The minimum atomic E-state index is 0.818. The minimum absolute atomic E-state index is 0.818. The number of unbranched alkanes of at least 4 members (excludes halogenated alkanes) is 3. The van der Waals surface area contributed by atoms with Crippen molar-refractivity contribution in [1.29, 1.82) is 0 Å². The fraction of sp³-hybridized carbons (Fsp3) is 0.370. The summed E-state index contributed by atoms with van der Waals surface area (Å²) in [5.41, 5.74) is 6.19. The molecule has 2 heteroatoms. The van der Waals surface area contributed by atoms with Crippen LogP contribution < -0.4 is 4.74 Å². The Kier molecular flexibility index (Phi) is 8.30. The van der Waals surface area contributed by atoms with Crippen LogP contribution in [0.4, 0.5) is 0 Å². The summed E-state index contributed by atoms with van der Waals surface area (Å²) in [6.45, 7) is 5.23. The number of hydrogen-bond acceptors (Lipinski definition) is 2. The lowest BCUT2D eigenvalue weighted by atomic mass is 10.0. The van der Waals surface area contributed by atoms with Crippen molar-refractivity contribution < 1.29 is 4.74 Å². The highest BCUT2D eigenvalue weighted by Crippen LogP contribution is 2.19. The van der Waals surface area contributed by atoms with Crippen LogP contribution in [0.5, 0.6) is 5.75 Å². The van der Waals surface area contributed by atoms with Crippen molar-refractivity contribution in [2.24, 2.45) is 0 Å². The van der Waals surface area contributed by atoms with Gasteiger partial charge in [0.05, 0.1) is 12.3 Å². The van der Waals surface area contributed by atoms with Crippen LogP contribution in [0.3, 0.4) is 0 Å². The molecule has 2 nitrogen and oxygen atoms in total. The zero-order valence-corrected chi connectivity index (χ0v) is 17.9. The number of aryl methyl sites for hydroxylation is 3. The fourth-order valence-electron chi connectivity index (χ4n) is 3.41. The maximum atomic E-state index is 5.83. The van der Waals surface area contributed by atoms with Crippen LogP contribution >= 0.6 is 0 Å². The Morgan fingerprint density at radius 3 is 2.03 bits per heavy atom. The number of rotatable bonds is 11.